The number of unbranched alkanes of at least 4 members (excludes halogenated alkanes) is 1. The number of fused-ring (bicyclic) bond motifs is 1. The van der Waals surface area contributed by atoms with Gasteiger partial charge in [-0.15, -0.1) is 0 Å². The zero-order valence-electron chi connectivity index (χ0n) is 14.3. The molecule has 122 valence electrons. The molecule has 0 aliphatic heterocycles. The van der Waals surface area contributed by atoms with E-state index >= 15 is 0 Å². The maximum absolute atomic E-state index is 10.3. The molecule has 2 rings (SSSR count). The number of aliphatic hydroxyl groups excluding tert-OH is 1. The van der Waals surface area contributed by atoms with Crippen molar-refractivity contribution < 1.29 is 9.84 Å². The van der Waals surface area contributed by atoms with E-state index in [1.807, 2.05) is 30.3 Å². The monoisotopic (exact) mass is 310 g/mol. The summed E-state index contributed by atoms with van der Waals surface area (Å²) in [6.45, 7) is 4.30. The van der Waals surface area contributed by atoms with Gasteiger partial charge in [0.2, 0.25) is 0 Å². The number of methoxy groups -OCH3 is 1. The lowest BCUT2D eigenvalue weighted by Crippen LogP contribution is -2.17. The summed E-state index contributed by atoms with van der Waals surface area (Å²) in [6.07, 6.45) is 3.77. The van der Waals surface area contributed by atoms with Gasteiger partial charge in [0.25, 0.3) is 0 Å². The van der Waals surface area contributed by atoms with Crippen molar-refractivity contribution in [2.45, 2.75) is 45.6 Å². The topological polar surface area (TPSA) is 29.5 Å². The van der Waals surface area contributed by atoms with Crippen LogP contribution in [0.4, 0.5) is 0 Å². The molecule has 1 N–H and O–H groups in total. The molecule has 2 aromatic rings. The molecule has 0 aliphatic carbocycles. The summed E-state index contributed by atoms with van der Waals surface area (Å²) in [6, 6.07) is 12.1. The fourth-order valence-electron chi connectivity index (χ4n) is 2.76. The van der Waals surface area contributed by atoms with Crippen molar-refractivity contribution >= 4 is 10.8 Å². The van der Waals surface area contributed by atoms with Crippen LogP contribution in [0.5, 0.6) is 5.75 Å². The van der Waals surface area contributed by atoms with Gasteiger partial charge in [0.1, 0.15) is 11.9 Å². The first-order valence-corrected chi connectivity index (χ1v) is 8.45. The van der Waals surface area contributed by atoms with E-state index in [1.165, 1.54) is 0 Å². The fourth-order valence-corrected chi connectivity index (χ4v) is 2.76. The Morgan fingerprint density at radius 3 is 2.52 bits per heavy atom. The number of rotatable bonds is 6. The van der Waals surface area contributed by atoms with Gasteiger partial charge in [-0.25, -0.2) is 0 Å². The summed E-state index contributed by atoms with van der Waals surface area (Å²) < 4.78 is 5.24. The Morgan fingerprint density at radius 1 is 1.09 bits per heavy atom. The van der Waals surface area contributed by atoms with E-state index in [1.54, 1.807) is 7.11 Å². The Kier molecular flexibility index (Phi) is 6.50. The molecule has 2 heteroatoms. The fraction of sp³-hybridized carbons (Fsp3) is 0.429. The minimum Gasteiger partial charge on any atom is -0.497 e. The normalized spacial score (nSPS) is 13.2. The Bertz CT molecular complexity index is 694. The third-order valence-corrected chi connectivity index (χ3v) is 4.31. The number of aliphatic hydroxyl groups is 1. The zero-order valence-corrected chi connectivity index (χ0v) is 14.3. The van der Waals surface area contributed by atoms with Crippen molar-refractivity contribution in [2.75, 3.05) is 7.11 Å². The van der Waals surface area contributed by atoms with Crippen LogP contribution in [0.15, 0.2) is 36.4 Å². The van der Waals surface area contributed by atoms with E-state index in [9.17, 15) is 5.11 Å². The standard InChI is InChI=1S/C21H26O2/c1-4-6-7-17(5-2)21(22)13-9-16-8-10-19-15-20(23-3)12-11-18(19)14-16/h8,10-12,14-15,17,21-22H,4-7H2,1-3H3. The molecule has 0 fully saturated rings. The Hall–Kier alpha value is -1.98. The molecule has 2 unspecified atom stereocenters. The van der Waals surface area contributed by atoms with Crippen LogP contribution in [0.3, 0.4) is 0 Å². The van der Waals surface area contributed by atoms with Crippen LogP contribution in [-0.2, 0) is 0 Å². The minimum absolute atomic E-state index is 0.271. The highest BCUT2D eigenvalue weighted by atomic mass is 16.5. The molecular formula is C21H26O2. The van der Waals surface area contributed by atoms with Gasteiger partial charge in [-0.2, -0.15) is 0 Å². The van der Waals surface area contributed by atoms with Crippen molar-refractivity contribution in [1.82, 2.24) is 0 Å². The molecule has 0 saturated heterocycles. The Balaban J connectivity index is 2.15. The second kappa shape index (κ2) is 8.60. The van der Waals surface area contributed by atoms with E-state index in [0.29, 0.717) is 0 Å². The molecule has 0 amide bonds. The van der Waals surface area contributed by atoms with Crippen molar-refractivity contribution in [1.29, 1.82) is 0 Å². The molecule has 0 radical (unpaired) electrons. The number of ether oxygens (including phenoxy) is 1. The van der Waals surface area contributed by atoms with E-state index in [2.05, 4.69) is 31.8 Å². The maximum atomic E-state index is 10.3. The van der Waals surface area contributed by atoms with Gasteiger partial charge in [0.15, 0.2) is 0 Å². The molecular weight excluding hydrogens is 284 g/mol. The predicted molar refractivity (Wildman–Crippen MR) is 96.7 cm³/mol. The number of hydrogen-bond acceptors (Lipinski definition) is 2. The predicted octanol–water partition coefficient (Wildman–Crippen LogP) is 4.78. The molecule has 2 atom stereocenters. The summed E-state index contributed by atoms with van der Waals surface area (Å²) in [4.78, 5) is 0. The van der Waals surface area contributed by atoms with Gasteiger partial charge in [-0.1, -0.05) is 50.7 Å². The van der Waals surface area contributed by atoms with Crippen LogP contribution < -0.4 is 4.74 Å². The van der Waals surface area contributed by atoms with E-state index < -0.39 is 6.10 Å². The van der Waals surface area contributed by atoms with Crippen LogP contribution in [0.2, 0.25) is 0 Å². The second-order valence-corrected chi connectivity index (χ2v) is 5.95. The molecule has 2 aromatic carbocycles. The quantitative estimate of drug-likeness (QED) is 0.778. The van der Waals surface area contributed by atoms with Crippen molar-refractivity contribution in [2.24, 2.45) is 5.92 Å². The molecule has 0 spiro atoms. The third kappa shape index (κ3) is 4.74. The van der Waals surface area contributed by atoms with Gasteiger partial charge in [0.05, 0.1) is 7.11 Å². The van der Waals surface area contributed by atoms with Gasteiger partial charge in [-0.3, -0.25) is 0 Å². The largest absolute Gasteiger partial charge is 0.497 e. The highest BCUT2D eigenvalue weighted by molar-refractivity contribution is 5.85. The maximum Gasteiger partial charge on any atom is 0.119 e. The highest BCUT2D eigenvalue weighted by Crippen LogP contribution is 2.22. The molecule has 0 heterocycles. The first-order chi connectivity index (χ1) is 11.2. The van der Waals surface area contributed by atoms with Gasteiger partial charge in [-0.05, 0) is 53.8 Å². The van der Waals surface area contributed by atoms with Gasteiger partial charge >= 0.3 is 0 Å². The number of benzene rings is 2. The Morgan fingerprint density at radius 2 is 1.83 bits per heavy atom. The lowest BCUT2D eigenvalue weighted by Gasteiger charge is -2.16. The minimum atomic E-state index is -0.543. The number of hydrogen-bond donors (Lipinski definition) is 1. The molecule has 0 bridgehead atoms. The summed E-state index contributed by atoms with van der Waals surface area (Å²) in [5, 5.41) is 12.5. The molecule has 23 heavy (non-hydrogen) atoms. The third-order valence-electron chi connectivity index (χ3n) is 4.31. The molecule has 0 aromatic heterocycles. The molecule has 2 nitrogen and oxygen atoms in total. The Labute approximate surface area is 139 Å². The molecule has 0 saturated carbocycles. The average Bonchev–Trinajstić information content (AvgIpc) is 2.59. The molecule has 0 aliphatic rings. The zero-order chi connectivity index (χ0) is 16.7. The first kappa shape index (κ1) is 17.4. The van der Waals surface area contributed by atoms with E-state index in [-0.39, 0.29) is 5.92 Å². The van der Waals surface area contributed by atoms with E-state index in [4.69, 9.17) is 4.74 Å². The second-order valence-electron chi connectivity index (χ2n) is 5.95. The van der Waals surface area contributed by atoms with Crippen LogP contribution >= 0.6 is 0 Å². The highest BCUT2D eigenvalue weighted by Gasteiger charge is 2.14. The lowest BCUT2D eigenvalue weighted by atomic mass is 9.93. The van der Waals surface area contributed by atoms with Gasteiger partial charge in [0, 0.05) is 5.56 Å². The van der Waals surface area contributed by atoms with Crippen LogP contribution in [0, 0.1) is 17.8 Å². The first-order valence-electron chi connectivity index (χ1n) is 8.45. The lowest BCUT2D eigenvalue weighted by molar-refractivity contribution is 0.150. The van der Waals surface area contributed by atoms with Crippen LogP contribution in [0.1, 0.15) is 45.1 Å². The van der Waals surface area contributed by atoms with Crippen molar-refractivity contribution in [3.05, 3.63) is 42.0 Å². The smallest absolute Gasteiger partial charge is 0.119 e. The summed E-state index contributed by atoms with van der Waals surface area (Å²) >= 11 is 0. The summed E-state index contributed by atoms with van der Waals surface area (Å²) in [5.74, 6) is 7.28. The van der Waals surface area contributed by atoms with Crippen LogP contribution in [0.25, 0.3) is 10.8 Å². The van der Waals surface area contributed by atoms with E-state index in [0.717, 1.165) is 47.8 Å². The van der Waals surface area contributed by atoms with Crippen LogP contribution in [-0.4, -0.2) is 18.3 Å². The SMILES string of the molecule is CCCCC(CC)C(O)C#Cc1ccc2cc(OC)ccc2c1. The van der Waals surface area contributed by atoms with Crippen molar-refractivity contribution in [3.8, 4) is 17.6 Å². The average molecular weight is 310 g/mol. The van der Waals surface area contributed by atoms with Crippen molar-refractivity contribution in [3.63, 3.8) is 0 Å². The summed E-state index contributed by atoms with van der Waals surface area (Å²) in [5.41, 5.74) is 0.937. The summed E-state index contributed by atoms with van der Waals surface area (Å²) in [7, 11) is 1.67. The van der Waals surface area contributed by atoms with Gasteiger partial charge < -0.3 is 9.84 Å².